The number of hydrogen-bond acceptors (Lipinski definition) is 8. The number of Topliss-reactive ketones (excluding diaryl/α,β-unsaturated/α-hetero) is 1. The number of ether oxygens (including phenoxy) is 2. The fourth-order valence-electron chi connectivity index (χ4n) is 2.94. The van der Waals surface area contributed by atoms with E-state index in [1.807, 2.05) is 0 Å². The second-order valence-electron chi connectivity index (χ2n) is 6.75. The Hall–Kier alpha value is -3.56. The van der Waals surface area contributed by atoms with E-state index in [-0.39, 0.29) is 46.5 Å². The third-order valence-electron chi connectivity index (χ3n) is 4.61. The molecule has 1 aliphatic carbocycles. The van der Waals surface area contributed by atoms with Crippen molar-refractivity contribution < 1.29 is 28.2 Å². The highest BCUT2D eigenvalue weighted by atomic mass is 19.1. The van der Waals surface area contributed by atoms with Gasteiger partial charge in [0.25, 0.3) is 5.91 Å². The number of aromatic nitrogens is 2. The predicted octanol–water partition coefficient (Wildman–Crippen LogP) is 2.04. The van der Waals surface area contributed by atoms with Gasteiger partial charge in [0.1, 0.15) is 17.2 Å². The highest BCUT2D eigenvalue weighted by Crippen LogP contribution is 2.34. The van der Waals surface area contributed by atoms with Gasteiger partial charge in [-0.25, -0.2) is 9.18 Å². The second-order valence-corrected chi connectivity index (χ2v) is 6.75. The van der Waals surface area contributed by atoms with E-state index in [1.54, 1.807) is 0 Å². The first-order valence-corrected chi connectivity index (χ1v) is 9.22. The van der Waals surface area contributed by atoms with Crippen LogP contribution in [0.4, 0.5) is 15.8 Å². The summed E-state index contributed by atoms with van der Waals surface area (Å²) in [5, 5.41) is 13.2. The number of rotatable bonds is 8. The molecule has 2 aromatic rings. The number of anilines is 2. The average Bonchev–Trinajstić information content (AvgIpc) is 3.58. The first-order chi connectivity index (χ1) is 14.4. The minimum Gasteiger partial charge on any atom is -0.494 e. The normalized spacial score (nSPS) is 12.8. The number of ketones is 1. The van der Waals surface area contributed by atoms with Gasteiger partial charge in [-0.15, -0.1) is 5.10 Å². The Morgan fingerprint density at radius 1 is 1.13 bits per heavy atom. The number of methoxy groups -OCH3 is 2. The topological polar surface area (TPSA) is 120 Å². The summed E-state index contributed by atoms with van der Waals surface area (Å²) in [7, 11) is 3.91. The lowest BCUT2D eigenvalue weighted by Crippen LogP contribution is -2.22. The van der Waals surface area contributed by atoms with E-state index in [2.05, 4.69) is 25.6 Å². The van der Waals surface area contributed by atoms with Gasteiger partial charge in [-0.1, -0.05) is 0 Å². The number of amides is 1. The molecule has 0 bridgehead atoms. The Labute approximate surface area is 172 Å². The molecule has 0 aliphatic heterocycles. The summed E-state index contributed by atoms with van der Waals surface area (Å²) in [5.74, 6) is -1.91. The van der Waals surface area contributed by atoms with E-state index >= 15 is 0 Å². The van der Waals surface area contributed by atoms with Crippen LogP contribution in [0.15, 0.2) is 18.2 Å². The summed E-state index contributed by atoms with van der Waals surface area (Å²) in [6.45, 7) is 0. The van der Waals surface area contributed by atoms with Crippen LogP contribution in [0.25, 0.3) is 0 Å². The SMILES string of the molecule is CNC(=O)c1nnc(CC(=O)C2CC2)cc1Nc1cc(F)cc(C(=O)OC)c1OC. The van der Waals surface area contributed by atoms with Gasteiger partial charge in [-0.05, 0) is 25.0 Å². The van der Waals surface area contributed by atoms with Crippen molar-refractivity contribution in [2.45, 2.75) is 19.3 Å². The number of esters is 1. The van der Waals surface area contributed by atoms with Crippen molar-refractivity contribution in [2.24, 2.45) is 5.92 Å². The molecule has 2 N–H and O–H groups in total. The van der Waals surface area contributed by atoms with Crippen LogP contribution in [-0.4, -0.2) is 49.1 Å². The van der Waals surface area contributed by atoms with Crippen molar-refractivity contribution in [2.75, 3.05) is 26.6 Å². The highest BCUT2D eigenvalue weighted by molar-refractivity contribution is 5.99. The van der Waals surface area contributed by atoms with Gasteiger partial charge < -0.3 is 20.1 Å². The molecule has 10 heteroatoms. The van der Waals surface area contributed by atoms with Crippen molar-refractivity contribution >= 4 is 29.0 Å². The Morgan fingerprint density at radius 3 is 2.47 bits per heavy atom. The summed E-state index contributed by atoms with van der Waals surface area (Å²) >= 11 is 0. The molecule has 3 rings (SSSR count). The molecule has 1 amide bonds. The van der Waals surface area contributed by atoms with Gasteiger partial charge in [0.15, 0.2) is 11.4 Å². The summed E-state index contributed by atoms with van der Waals surface area (Å²) in [4.78, 5) is 36.3. The average molecular weight is 416 g/mol. The maximum Gasteiger partial charge on any atom is 0.341 e. The van der Waals surface area contributed by atoms with E-state index in [4.69, 9.17) is 4.74 Å². The first-order valence-electron chi connectivity index (χ1n) is 9.22. The van der Waals surface area contributed by atoms with Crippen molar-refractivity contribution in [3.05, 3.63) is 41.0 Å². The number of halogens is 1. The molecule has 1 aromatic heterocycles. The largest absolute Gasteiger partial charge is 0.494 e. The smallest absolute Gasteiger partial charge is 0.341 e. The molecule has 30 heavy (non-hydrogen) atoms. The van der Waals surface area contributed by atoms with Crippen LogP contribution in [0.1, 0.15) is 39.4 Å². The van der Waals surface area contributed by atoms with E-state index in [1.165, 1.54) is 27.3 Å². The minimum absolute atomic E-state index is 0.0264. The molecule has 1 heterocycles. The highest BCUT2D eigenvalue weighted by Gasteiger charge is 2.30. The molecule has 9 nitrogen and oxygen atoms in total. The van der Waals surface area contributed by atoms with Crippen LogP contribution >= 0.6 is 0 Å². The van der Waals surface area contributed by atoms with Crippen molar-refractivity contribution in [3.63, 3.8) is 0 Å². The van der Waals surface area contributed by atoms with E-state index in [0.717, 1.165) is 25.0 Å². The maximum absolute atomic E-state index is 14.2. The lowest BCUT2D eigenvalue weighted by molar-refractivity contribution is -0.119. The molecule has 1 aromatic carbocycles. The molecular weight excluding hydrogens is 395 g/mol. The summed E-state index contributed by atoms with van der Waals surface area (Å²) in [6, 6.07) is 3.59. The fourth-order valence-corrected chi connectivity index (χ4v) is 2.94. The monoisotopic (exact) mass is 416 g/mol. The van der Waals surface area contributed by atoms with Gasteiger partial charge in [0.05, 0.1) is 37.7 Å². The van der Waals surface area contributed by atoms with Crippen LogP contribution in [0, 0.1) is 11.7 Å². The number of nitrogens with one attached hydrogen (secondary N) is 2. The van der Waals surface area contributed by atoms with E-state index in [0.29, 0.717) is 5.69 Å². The molecule has 0 radical (unpaired) electrons. The molecule has 158 valence electrons. The van der Waals surface area contributed by atoms with Crippen LogP contribution < -0.4 is 15.4 Å². The van der Waals surface area contributed by atoms with Crippen LogP contribution in [0.5, 0.6) is 5.75 Å². The third-order valence-corrected chi connectivity index (χ3v) is 4.61. The Bertz CT molecular complexity index is 1010. The number of carbonyl (C=O) groups excluding carboxylic acids is 3. The quantitative estimate of drug-likeness (QED) is 0.628. The lowest BCUT2D eigenvalue weighted by Gasteiger charge is -2.16. The van der Waals surface area contributed by atoms with E-state index < -0.39 is 17.7 Å². The number of carbonyl (C=O) groups is 3. The van der Waals surface area contributed by atoms with Gasteiger partial charge in [0.2, 0.25) is 0 Å². The van der Waals surface area contributed by atoms with Gasteiger partial charge >= 0.3 is 5.97 Å². The zero-order valence-corrected chi connectivity index (χ0v) is 16.7. The summed E-state index contributed by atoms with van der Waals surface area (Å²) in [5.41, 5.74) is 0.435. The molecule has 0 saturated heterocycles. The Kier molecular flexibility index (Phi) is 6.24. The molecular formula is C20H21FN4O5. The predicted molar refractivity (Wildman–Crippen MR) is 104 cm³/mol. The van der Waals surface area contributed by atoms with Crippen LogP contribution in [0.3, 0.4) is 0 Å². The van der Waals surface area contributed by atoms with E-state index in [9.17, 15) is 18.8 Å². The minimum atomic E-state index is -0.788. The van der Waals surface area contributed by atoms with Gasteiger partial charge in [-0.3, -0.25) is 9.59 Å². The number of nitrogens with zero attached hydrogens (tertiary/aromatic N) is 2. The Morgan fingerprint density at radius 2 is 1.87 bits per heavy atom. The van der Waals surface area contributed by atoms with Gasteiger partial charge in [0, 0.05) is 19.0 Å². The molecule has 1 aliphatic rings. The van der Waals surface area contributed by atoms with Gasteiger partial charge in [-0.2, -0.15) is 5.10 Å². The Balaban J connectivity index is 2.03. The molecule has 0 unspecified atom stereocenters. The van der Waals surface area contributed by atoms with Crippen LogP contribution in [-0.2, 0) is 16.0 Å². The summed E-state index contributed by atoms with van der Waals surface area (Å²) < 4.78 is 24.1. The van der Waals surface area contributed by atoms with Crippen molar-refractivity contribution in [3.8, 4) is 5.75 Å². The lowest BCUT2D eigenvalue weighted by atomic mass is 10.1. The molecule has 1 saturated carbocycles. The number of benzene rings is 1. The van der Waals surface area contributed by atoms with Crippen LogP contribution in [0.2, 0.25) is 0 Å². The van der Waals surface area contributed by atoms with Crippen molar-refractivity contribution in [1.29, 1.82) is 0 Å². The summed E-state index contributed by atoms with van der Waals surface area (Å²) in [6.07, 6.45) is 1.81. The standard InChI is InChI=1S/C20H21FN4O5/c1-22-19(27)17-14(8-12(24-25-17)9-16(26)10-4-5-10)23-15-7-11(21)6-13(18(15)29-2)20(28)30-3/h6-8,10H,4-5,9H2,1-3H3,(H,22,27)(H,23,24). The maximum atomic E-state index is 14.2. The molecule has 1 fully saturated rings. The zero-order valence-electron chi connectivity index (χ0n) is 16.7. The number of hydrogen-bond donors (Lipinski definition) is 2. The zero-order chi connectivity index (χ0) is 21.8. The fraction of sp³-hybridized carbons (Fsp3) is 0.350. The second kappa shape index (κ2) is 8.85. The van der Waals surface area contributed by atoms with Crippen molar-refractivity contribution in [1.82, 2.24) is 15.5 Å². The third kappa shape index (κ3) is 4.53. The first kappa shape index (κ1) is 21.2. The molecule has 0 atom stereocenters. The molecule has 0 spiro atoms.